The van der Waals surface area contributed by atoms with Crippen LogP contribution >= 0.6 is 38.5 Å². The molecule has 0 unspecified atom stereocenters. The molecule has 0 spiro atoms. The lowest BCUT2D eigenvalue weighted by Crippen LogP contribution is -1.85. The van der Waals surface area contributed by atoms with E-state index in [4.69, 9.17) is 0 Å². The molecule has 0 saturated heterocycles. The van der Waals surface area contributed by atoms with Crippen molar-refractivity contribution in [1.82, 2.24) is 15.0 Å². The van der Waals surface area contributed by atoms with E-state index in [1.54, 1.807) is 0 Å². The molecular formula is C13H9BrIN3. The zero-order valence-electron chi connectivity index (χ0n) is 9.54. The standard InChI is InChI=1S/C13H9BrIN3/c1-7-2-5-11-13(16-7)18-12(17-11)9-6-8(14)3-4-10(9)15/h2-6H,1H3,(H,16,17,18). The molecule has 0 saturated carbocycles. The average molecular weight is 414 g/mol. The Kier molecular flexibility index (Phi) is 3.11. The monoisotopic (exact) mass is 413 g/mol. The normalized spacial score (nSPS) is 11.1. The van der Waals surface area contributed by atoms with Gasteiger partial charge in [0.05, 0.1) is 5.52 Å². The summed E-state index contributed by atoms with van der Waals surface area (Å²) in [6.07, 6.45) is 0. The van der Waals surface area contributed by atoms with Crippen LogP contribution in [0.1, 0.15) is 5.69 Å². The molecule has 0 fully saturated rings. The summed E-state index contributed by atoms with van der Waals surface area (Å²) in [5, 5.41) is 0. The van der Waals surface area contributed by atoms with Crippen LogP contribution in [0.2, 0.25) is 0 Å². The zero-order chi connectivity index (χ0) is 12.7. The number of hydrogen-bond donors (Lipinski definition) is 1. The van der Waals surface area contributed by atoms with Crippen LogP contribution in [0.5, 0.6) is 0 Å². The fraction of sp³-hybridized carbons (Fsp3) is 0.0769. The Balaban J connectivity index is 2.22. The summed E-state index contributed by atoms with van der Waals surface area (Å²) in [4.78, 5) is 12.3. The van der Waals surface area contributed by atoms with Crippen LogP contribution in [0, 0.1) is 10.5 Å². The molecule has 3 rings (SSSR count). The molecule has 1 N–H and O–H groups in total. The minimum absolute atomic E-state index is 0.765. The Morgan fingerprint density at radius 2 is 2.00 bits per heavy atom. The fourth-order valence-electron chi connectivity index (χ4n) is 1.79. The number of hydrogen-bond acceptors (Lipinski definition) is 2. The highest BCUT2D eigenvalue weighted by atomic mass is 127. The van der Waals surface area contributed by atoms with Gasteiger partial charge in [-0.1, -0.05) is 15.9 Å². The third-order valence-electron chi connectivity index (χ3n) is 2.67. The summed E-state index contributed by atoms with van der Waals surface area (Å²) in [6, 6.07) is 10.1. The minimum atomic E-state index is 0.765. The molecule has 2 heterocycles. The maximum Gasteiger partial charge on any atom is 0.178 e. The smallest absolute Gasteiger partial charge is 0.178 e. The first kappa shape index (κ1) is 12.1. The van der Waals surface area contributed by atoms with Crippen molar-refractivity contribution in [3.8, 4) is 11.4 Å². The van der Waals surface area contributed by atoms with E-state index in [2.05, 4.69) is 65.6 Å². The third-order valence-corrected chi connectivity index (χ3v) is 4.10. The van der Waals surface area contributed by atoms with Gasteiger partial charge in [0.1, 0.15) is 5.82 Å². The van der Waals surface area contributed by atoms with Gasteiger partial charge in [0.2, 0.25) is 0 Å². The van der Waals surface area contributed by atoms with Crippen molar-refractivity contribution < 1.29 is 0 Å². The number of rotatable bonds is 1. The number of pyridine rings is 1. The van der Waals surface area contributed by atoms with E-state index in [9.17, 15) is 0 Å². The summed E-state index contributed by atoms with van der Waals surface area (Å²) in [5.74, 6) is 0.855. The number of aromatic amines is 1. The molecule has 5 heteroatoms. The molecule has 2 aromatic heterocycles. The van der Waals surface area contributed by atoms with E-state index in [0.29, 0.717) is 0 Å². The molecule has 0 aliphatic heterocycles. The Labute approximate surface area is 126 Å². The molecule has 3 nitrogen and oxygen atoms in total. The highest BCUT2D eigenvalue weighted by Crippen LogP contribution is 2.27. The van der Waals surface area contributed by atoms with E-state index < -0.39 is 0 Å². The number of halogens is 2. The van der Waals surface area contributed by atoms with Crippen LogP contribution in [-0.2, 0) is 0 Å². The highest BCUT2D eigenvalue weighted by molar-refractivity contribution is 14.1. The first-order valence-corrected chi connectivity index (χ1v) is 7.29. The molecule has 0 aliphatic rings. The van der Waals surface area contributed by atoms with E-state index in [1.165, 1.54) is 0 Å². The molecule has 0 atom stereocenters. The maximum atomic E-state index is 4.55. The van der Waals surface area contributed by atoms with Gasteiger partial charge in [-0.2, -0.15) is 0 Å². The van der Waals surface area contributed by atoms with Gasteiger partial charge in [-0.3, -0.25) is 0 Å². The molecule has 3 aromatic rings. The highest BCUT2D eigenvalue weighted by Gasteiger charge is 2.09. The van der Waals surface area contributed by atoms with Gasteiger partial charge < -0.3 is 4.98 Å². The molecule has 18 heavy (non-hydrogen) atoms. The first-order chi connectivity index (χ1) is 8.63. The summed E-state index contributed by atoms with van der Waals surface area (Å²) < 4.78 is 2.20. The number of nitrogens with zero attached hydrogens (tertiary/aromatic N) is 2. The Morgan fingerprint density at radius 1 is 1.17 bits per heavy atom. The van der Waals surface area contributed by atoms with Crippen LogP contribution < -0.4 is 0 Å². The maximum absolute atomic E-state index is 4.55. The summed E-state index contributed by atoms with van der Waals surface area (Å²) in [6.45, 7) is 1.97. The molecular weight excluding hydrogens is 405 g/mol. The fourth-order valence-corrected chi connectivity index (χ4v) is 2.75. The predicted molar refractivity (Wildman–Crippen MR) is 84.5 cm³/mol. The van der Waals surface area contributed by atoms with Gasteiger partial charge in [0.15, 0.2) is 5.65 Å². The van der Waals surface area contributed by atoms with Gasteiger partial charge in [0.25, 0.3) is 0 Å². The van der Waals surface area contributed by atoms with E-state index in [1.807, 2.05) is 25.1 Å². The second kappa shape index (κ2) is 4.62. The van der Waals surface area contributed by atoms with Crippen LogP contribution in [0.15, 0.2) is 34.8 Å². The molecule has 0 amide bonds. The quantitative estimate of drug-likeness (QED) is 0.604. The molecule has 0 aliphatic carbocycles. The molecule has 90 valence electrons. The van der Waals surface area contributed by atoms with Crippen molar-refractivity contribution in [3.63, 3.8) is 0 Å². The number of fused-ring (bicyclic) bond motifs is 1. The van der Waals surface area contributed by atoms with E-state index in [0.717, 1.165) is 36.3 Å². The molecule has 0 radical (unpaired) electrons. The van der Waals surface area contributed by atoms with Crippen LogP contribution in [0.3, 0.4) is 0 Å². The topological polar surface area (TPSA) is 41.6 Å². The number of aryl methyl sites for hydroxylation is 1. The lowest BCUT2D eigenvalue weighted by molar-refractivity contribution is 1.22. The van der Waals surface area contributed by atoms with Gasteiger partial charge in [0, 0.05) is 19.3 Å². The summed E-state index contributed by atoms with van der Waals surface area (Å²) >= 11 is 5.80. The van der Waals surface area contributed by atoms with Crippen molar-refractivity contribution in [2.24, 2.45) is 0 Å². The minimum Gasteiger partial charge on any atom is -0.337 e. The number of benzene rings is 1. The van der Waals surface area contributed by atoms with Crippen molar-refractivity contribution in [3.05, 3.63) is 44.1 Å². The average Bonchev–Trinajstić information content (AvgIpc) is 2.74. The Hall–Kier alpha value is -0.950. The Morgan fingerprint density at radius 3 is 2.83 bits per heavy atom. The Bertz CT molecular complexity index is 736. The zero-order valence-corrected chi connectivity index (χ0v) is 13.3. The van der Waals surface area contributed by atoms with Gasteiger partial charge in [-0.25, -0.2) is 9.97 Å². The molecule has 0 bridgehead atoms. The van der Waals surface area contributed by atoms with Crippen molar-refractivity contribution in [2.45, 2.75) is 6.92 Å². The van der Waals surface area contributed by atoms with Crippen LogP contribution in [0.25, 0.3) is 22.6 Å². The van der Waals surface area contributed by atoms with Crippen LogP contribution in [0.4, 0.5) is 0 Å². The number of aromatic nitrogens is 3. The largest absolute Gasteiger partial charge is 0.337 e. The van der Waals surface area contributed by atoms with E-state index in [-0.39, 0.29) is 0 Å². The van der Waals surface area contributed by atoms with Crippen LogP contribution in [-0.4, -0.2) is 15.0 Å². The van der Waals surface area contributed by atoms with Crippen molar-refractivity contribution in [2.75, 3.05) is 0 Å². The number of imidazole rings is 1. The SMILES string of the molecule is Cc1ccc2[nH]c(-c3cc(Br)ccc3I)nc2n1. The second-order valence-corrected chi connectivity index (χ2v) is 6.11. The van der Waals surface area contributed by atoms with Gasteiger partial charge in [-0.15, -0.1) is 0 Å². The first-order valence-electron chi connectivity index (χ1n) is 5.42. The lowest BCUT2D eigenvalue weighted by Gasteiger charge is -2.01. The number of H-pyrrole nitrogens is 1. The van der Waals surface area contributed by atoms with E-state index >= 15 is 0 Å². The van der Waals surface area contributed by atoms with Gasteiger partial charge in [-0.05, 0) is 59.8 Å². The lowest BCUT2D eigenvalue weighted by atomic mass is 10.2. The van der Waals surface area contributed by atoms with Gasteiger partial charge >= 0.3 is 0 Å². The second-order valence-electron chi connectivity index (χ2n) is 4.03. The summed E-state index contributed by atoms with van der Waals surface area (Å²) in [5.41, 5.74) is 3.79. The van der Waals surface area contributed by atoms with Crippen molar-refractivity contribution in [1.29, 1.82) is 0 Å². The molecule has 1 aromatic carbocycles. The van der Waals surface area contributed by atoms with Crippen molar-refractivity contribution >= 4 is 49.7 Å². The summed E-state index contributed by atoms with van der Waals surface area (Å²) in [7, 11) is 0. The third kappa shape index (κ3) is 2.16. The number of nitrogens with one attached hydrogen (secondary N) is 1. The predicted octanol–water partition coefficient (Wildman–Crippen LogP) is 4.30.